The van der Waals surface area contributed by atoms with Crippen molar-refractivity contribution in [1.82, 2.24) is 9.78 Å². The maximum Gasteiger partial charge on any atom is 0.238 e. The largest absolute Gasteiger partial charge is 0.478 e. The summed E-state index contributed by atoms with van der Waals surface area (Å²) < 4.78 is 30.4. The molecule has 25 heavy (non-hydrogen) atoms. The molecule has 1 aromatic heterocycles. The van der Waals surface area contributed by atoms with Crippen molar-refractivity contribution in [3.63, 3.8) is 0 Å². The summed E-state index contributed by atoms with van der Waals surface area (Å²) in [5, 5.41) is 9.34. The molecular formula is C17H19N3O4S. The minimum atomic E-state index is -3.78. The molecule has 0 fully saturated rings. The molecule has 3 rings (SSSR count). The first kappa shape index (κ1) is 17.4. The average molecular weight is 361 g/mol. The standard InChI is InChI=1S/C17H19N3O4S/c1-4-20-10-12(9-19-20)14-15(24-17(2,3)16(14)21)11-5-7-13(8-6-11)25(18,22)23/h5-10H,4H2,1-3H3,(H2,18,22,23). The number of aromatic nitrogens is 2. The number of aryl methyl sites for hydroxylation is 1. The number of nitrogens with two attached hydrogens (primary N) is 1. The molecule has 0 atom stereocenters. The third-order valence-electron chi connectivity index (χ3n) is 4.05. The van der Waals surface area contributed by atoms with Crippen molar-refractivity contribution in [1.29, 1.82) is 0 Å². The van der Waals surface area contributed by atoms with Gasteiger partial charge < -0.3 is 4.74 Å². The Hall–Kier alpha value is -2.45. The van der Waals surface area contributed by atoms with Crippen LogP contribution in [0.3, 0.4) is 0 Å². The number of carbonyl (C=O) groups excluding carboxylic acids is 1. The van der Waals surface area contributed by atoms with E-state index in [1.54, 1.807) is 43.1 Å². The topological polar surface area (TPSA) is 104 Å². The first-order valence-corrected chi connectivity index (χ1v) is 9.32. The van der Waals surface area contributed by atoms with Crippen LogP contribution in [0.1, 0.15) is 31.9 Å². The second kappa shape index (κ2) is 5.82. The molecule has 2 N–H and O–H groups in total. The van der Waals surface area contributed by atoms with Gasteiger partial charge in [-0.3, -0.25) is 9.48 Å². The van der Waals surface area contributed by atoms with Gasteiger partial charge in [-0.25, -0.2) is 13.6 Å². The number of hydrogen-bond donors (Lipinski definition) is 1. The van der Waals surface area contributed by atoms with Crippen LogP contribution < -0.4 is 5.14 Å². The van der Waals surface area contributed by atoms with Crippen LogP contribution >= 0.6 is 0 Å². The van der Waals surface area contributed by atoms with Crippen LogP contribution in [0.25, 0.3) is 11.3 Å². The maximum atomic E-state index is 12.8. The van der Waals surface area contributed by atoms with E-state index in [0.29, 0.717) is 29.0 Å². The summed E-state index contributed by atoms with van der Waals surface area (Å²) in [4.78, 5) is 12.8. The highest BCUT2D eigenvalue weighted by Crippen LogP contribution is 2.41. The smallest absolute Gasteiger partial charge is 0.238 e. The monoisotopic (exact) mass is 361 g/mol. The number of hydrogen-bond acceptors (Lipinski definition) is 5. The third-order valence-corrected chi connectivity index (χ3v) is 4.98. The Labute approximate surface area is 146 Å². The van der Waals surface area contributed by atoms with Crippen molar-refractivity contribution in [2.75, 3.05) is 0 Å². The molecule has 8 heteroatoms. The van der Waals surface area contributed by atoms with Crippen molar-refractivity contribution in [3.8, 4) is 0 Å². The van der Waals surface area contributed by atoms with E-state index in [0.717, 1.165) is 0 Å². The first-order valence-electron chi connectivity index (χ1n) is 7.77. The van der Waals surface area contributed by atoms with Gasteiger partial charge in [0.25, 0.3) is 0 Å². The van der Waals surface area contributed by atoms with Gasteiger partial charge in [0.05, 0.1) is 16.7 Å². The second-order valence-electron chi connectivity index (χ2n) is 6.30. The Kier molecular flexibility index (Phi) is 4.04. The van der Waals surface area contributed by atoms with E-state index >= 15 is 0 Å². The normalized spacial score (nSPS) is 17.0. The van der Waals surface area contributed by atoms with Crippen LogP contribution in [0.4, 0.5) is 0 Å². The number of benzene rings is 1. The summed E-state index contributed by atoms with van der Waals surface area (Å²) in [5.41, 5.74) is 0.707. The SMILES string of the molecule is CCn1cc(C2=C(c3ccc(S(N)(=O)=O)cc3)OC(C)(C)C2=O)cn1. The van der Waals surface area contributed by atoms with Gasteiger partial charge in [-0.2, -0.15) is 5.10 Å². The fourth-order valence-corrected chi connectivity index (χ4v) is 3.20. The molecule has 2 heterocycles. The molecule has 0 amide bonds. The molecule has 132 valence electrons. The fourth-order valence-electron chi connectivity index (χ4n) is 2.68. The van der Waals surface area contributed by atoms with E-state index in [-0.39, 0.29) is 10.7 Å². The Morgan fingerprint density at radius 3 is 2.36 bits per heavy atom. The van der Waals surface area contributed by atoms with Crippen LogP contribution in [0.2, 0.25) is 0 Å². The number of ether oxygens (including phenoxy) is 1. The van der Waals surface area contributed by atoms with Gasteiger partial charge in [0.15, 0.2) is 5.60 Å². The summed E-state index contributed by atoms with van der Waals surface area (Å²) >= 11 is 0. The summed E-state index contributed by atoms with van der Waals surface area (Å²) in [5.74, 6) is 0.264. The Bertz CT molecular complexity index is 970. The number of Topliss-reactive ketones (excluding diaryl/α,β-unsaturated/α-hetero) is 1. The third kappa shape index (κ3) is 3.10. The second-order valence-corrected chi connectivity index (χ2v) is 7.86. The molecule has 7 nitrogen and oxygen atoms in total. The van der Waals surface area contributed by atoms with Crippen molar-refractivity contribution >= 4 is 27.1 Å². The molecule has 0 spiro atoms. The van der Waals surface area contributed by atoms with Crippen molar-refractivity contribution < 1.29 is 17.9 Å². The van der Waals surface area contributed by atoms with Crippen molar-refractivity contribution in [3.05, 3.63) is 47.8 Å². The summed E-state index contributed by atoms with van der Waals surface area (Å²) in [6.45, 7) is 6.04. The molecule has 0 unspecified atom stereocenters. The molecule has 1 aliphatic rings. The van der Waals surface area contributed by atoms with E-state index in [1.807, 2.05) is 6.92 Å². The van der Waals surface area contributed by atoms with Crippen LogP contribution in [-0.4, -0.2) is 29.6 Å². The number of nitrogens with zero attached hydrogens (tertiary/aromatic N) is 2. The van der Waals surface area contributed by atoms with Crippen molar-refractivity contribution in [2.24, 2.45) is 5.14 Å². The van der Waals surface area contributed by atoms with Crippen LogP contribution in [0, 0.1) is 0 Å². The maximum absolute atomic E-state index is 12.8. The average Bonchev–Trinajstić information content (AvgIpc) is 3.10. The van der Waals surface area contributed by atoms with Gasteiger partial charge in [0.1, 0.15) is 5.76 Å². The lowest BCUT2D eigenvalue weighted by atomic mass is 9.94. The number of carbonyl (C=O) groups is 1. The lowest BCUT2D eigenvalue weighted by Gasteiger charge is -2.17. The van der Waals surface area contributed by atoms with Gasteiger partial charge >= 0.3 is 0 Å². The zero-order chi connectivity index (χ0) is 18.4. The quantitative estimate of drug-likeness (QED) is 0.894. The van der Waals surface area contributed by atoms with Gasteiger partial charge in [0, 0.05) is 23.9 Å². The Morgan fingerprint density at radius 1 is 1.20 bits per heavy atom. The Morgan fingerprint density at radius 2 is 1.84 bits per heavy atom. The molecule has 0 saturated carbocycles. The highest BCUT2D eigenvalue weighted by atomic mass is 32.2. The summed E-state index contributed by atoms with van der Waals surface area (Å²) in [6, 6.07) is 5.94. The highest BCUT2D eigenvalue weighted by Gasteiger charge is 2.43. The minimum absolute atomic E-state index is 0.000728. The van der Waals surface area contributed by atoms with Crippen LogP contribution in [0.15, 0.2) is 41.6 Å². The molecule has 2 aromatic rings. The number of sulfonamides is 1. The van der Waals surface area contributed by atoms with Crippen LogP contribution in [-0.2, 0) is 26.1 Å². The van der Waals surface area contributed by atoms with Crippen LogP contribution in [0.5, 0.6) is 0 Å². The lowest BCUT2D eigenvalue weighted by Crippen LogP contribution is -2.29. The van der Waals surface area contributed by atoms with Gasteiger partial charge in [-0.1, -0.05) is 0 Å². The zero-order valence-corrected chi connectivity index (χ0v) is 15.0. The summed E-state index contributed by atoms with van der Waals surface area (Å²) in [7, 11) is -3.78. The number of ketones is 1. The molecule has 0 radical (unpaired) electrons. The summed E-state index contributed by atoms with van der Waals surface area (Å²) in [6.07, 6.45) is 3.41. The lowest BCUT2D eigenvalue weighted by molar-refractivity contribution is -0.125. The number of primary sulfonamides is 1. The van der Waals surface area contributed by atoms with Gasteiger partial charge in [0.2, 0.25) is 15.8 Å². The molecule has 1 aromatic carbocycles. The predicted octanol–water partition coefficient (Wildman–Crippen LogP) is 1.80. The van der Waals surface area contributed by atoms with Gasteiger partial charge in [-0.05, 0) is 45.0 Å². The fraction of sp³-hybridized carbons (Fsp3) is 0.294. The molecule has 0 bridgehead atoms. The minimum Gasteiger partial charge on any atom is -0.478 e. The van der Waals surface area contributed by atoms with E-state index in [9.17, 15) is 13.2 Å². The number of rotatable bonds is 4. The van der Waals surface area contributed by atoms with E-state index < -0.39 is 15.6 Å². The Balaban J connectivity index is 2.13. The van der Waals surface area contributed by atoms with E-state index in [2.05, 4.69) is 5.10 Å². The molecule has 0 aliphatic carbocycles. The molecular weight excluding hydrogens is 342 g/mol. The molecule has 0 saturated heterocycles. The predicted molar refractivity (Wildman–Crippen MR) is 92.7 cm³/mol. The van der Waals surface area contributed by atoms with Crippen molar-refractivity contribution in [2.45, 2.75) is 37.8 Å². The van der Waals surface area contributed by atoms with E-state index in [4.69, 9.17) is 9.88 Å². The zero-order valence-electron chi connectivity index (χ0n) is 14.2. The highest BCUT2D eigenvalue weighted by molar-refractivity contribution is 7.89. The van der Waals surface area contributed by atoms with E-state index in [1.165, 1.54) is 12.1 Å². The van der Waals surface area contributed by atoms with Gasteiger partial charge in [-0.15, -0.1) is 0 Å². The molecule has 1 aliphatic heterocycles. The first-order chi connectivity index (χ1) is 11.6.